The van der Waals surface area contributed by atoms with Gasteiger partial charge in [0.1, 0.15) is 5.82 Å². The first-order valence-corrected chi connectivity index (χ1v) is 6.79. The van der Waals surface area contributed by atoms with Gasteiger partial charge in [-0.25, -0.2) is 4.98 Å². The fraction of sp³-hybridized carbons (Fsp3) is 0.692. The summed E-state index contributed by atoms with van der Waals surface area (Å²) in [5.74, 6) is 1.70. The largest absolute Gasteiger partial charge is 0.396 e. The standard InChI is InChI=1S/C13H22N4O/c1-2-14-13-15-8-7-12(16-13)17-9-3-5-11(17)6-4-10-18/h7-8,11,18H,2-6,9-10H2,1H3,(H,14,15,16). The summed E-state index contributed by atoms with van der Waals surface area (Å²) in [6.07, 6.45) is 6.11. The van der Waals surface area contributed by atoms with Crippen molar-refractivity contribution >= 4 is 11.8 Å². The van der Waals surface area contributed by atoms with Crippen LogP contribution in [0.3, 0.4) is 0 Å². The number of aliphatic hydroxyl groups excluding tert-OH is 1. The highest BCUT2D eigenvalue weighted by Gasteiger charge is 2.25. The van der Waals surface area contributed by atoms with Crippen LogP contribution in [-0.2, 0) is 0 Å². The van der Waals surface area contributed by atoms with Gasteiger partial charge in [0.25, 0.3) is 0 Å². The van der Waals surface area contributed by atoms with Crippen LogP contribution in [0.25, 0.3) is 0 Å². The van der Waals surface area contributed by atoms with E-state index >= 15 is 0 Å². The third-order valence-corrected chi connectivity index (χ3v) is 3.34. The highest BCUT2D eigenvalue weighted by atomic mass is 16.2. The Bertz CT molecular complexity index is 372. The number of anilines is 2. The van der Waals surface area contributed by atoms with Crippen LogP contribution in [0.4, 0.5) is 11.8 Å². The lowest BCUT2D eigenvalue weighted by atomic mass is 10.1. The summed E-state index contributed by atoms with van der Waals surface area (Å²) in [7, 11) is 0. The lowest BCUT2D eigenvalue weighted by molar-refractivity contribution is 0.279. The van der Waals surface area contributed by atoms with E-state index in [0.29, 0.717) is 12.0 Å². The Morgan fingerprint density at radius 2 is 2.44 bits per heavy atom. The van der Waals surface area contributed by atoms with Crippen molar-refractivity contribution in [2.24, 2.45) is 0 Å². The van der Waals surface area contributed by atoms with E-state index < -0.39 is 0 Å². The van der Waals surface area contributed by atoms with Crippen LogP contribution >= 0.6 is 0 Å². The molecule has 1 aromatic rings. The van der Waals surface area contributed by atoms with Crippen molar-refractivity contribution in [3.05, 3.63) is 12.3 Å². The van der Waals surface area contributed by atoms with Crippen molar-refractivity contribution in [1.82, 2.24) is 9.97 Å². The Balaban J connectivity index is 2.06. The van der Waals surface area contributed by atoms with Gasteiger partial charge in [-0.3, -0.25) is 0 Å². The van der Waals surface area contributed by atoms with E-state index in [1.165, 1.54) is 12.8 Å². The number of aliphatic hydroxyl groups is 1. The number of hydrogen-bond donors (Lipinski definition) is 2. The molecule has 1 fully saturated rings. The minimum atomic E-state index is 0.275. The van der Waals surface area contributed by atoms with Gasteiger partial charge in [-0.05, 0) is 38.7 Å². The predicted octanol–water partition coefficient (Wildman–Crippen LogP) is 1.65. The minimum absolute atomic E-state index is 0.275. The third kappa shape index (κ3) is 3.10. The Morgan fingerprint density at radius 3 is 3.22 bits per heavy atom. The van der Waals surface area contributed by atoms with Gasteiger partial charge in [-0.15, -0.1) is 0 Å². The maximum absolute atomic E-state index is 8.94. The maximum Gasteiger partial charge on any atom is 0.224 e. The molecule has 0 saturated carbocycles. The maximum atomic E-state index is 8.94. The molecule has 1 unspecified atom stereocenters. The molecule has 1 atom stereocenters. The Hall–Kier alpha value is -1.36. The van der Waals surface area contributed by atoms with Crippen molar-refractivity contribution in [3.63, 3.8) is 0 Å². The first-order valence-electron chi connectivity index (χ1n) is 6.79. The molecule has 5 nitrogen and oxygen atoms in total. The first-order chi connectivity index (χ1) is 8.85. The molecule has 0 bridgehead atoms. The van der Waals surface area contributed by atoms with E-state index in [1.54, 1.807) is 0 Å². The van der Waals surface area contributed by atoms with Crippen LogP contribution in [-0.4, -0.2) is 40.8 Å². The van der Waals surface area contributed by atoms with Crippen LogP contribution in [0.5, 0.6) is 0 Å². The van der Waals surface area contributed by atoms with Gasteiger partial charge in [-0.2, -0.15) is 4.98 Å². The Labute approximate surface area is 108 Å². The van der Waals surface area contributed by atoms with Crippen molar-refractivity contribution in [3.8, 4) is 0 Å². The zero-order valence-electron chi connectivity index (χ0n) is 11.0. The summed E-state index contributed by atoms with van der Waals surface area (Å²) < 4.78 is 0. The summed E-state index contributed by atoms with van der Waals surface area (Å²) in [5, 5.41) is 12.1. The molecular weight excluding hydrogens is 228 g/mol. The van der Waals surface area contributed by atoms with E-state index in [2.05, 4.69) is 20.2 Å². The van der Waals surface area contributed by atoms with Gasteiger partial charge in [0.15, 0.2) is 0 Å². The van der Waals surface area contributed by atoms with Gasteiger partial charge in [0.2, 0.25) is 5.95 Å². The molecular formula is C13H22N4O. The molecule has 2 rings (SSSR count). The highest BCUT2D eigenvalue weighted by molar-refractivity contribution is 5.44. The third-order valence-electron chi connectivity index (χ3n) is 3.34. The Morgan fingerprint density at radius 1 is 1.56 bits per heavy atom. The van der Waals surface area contributed by atoms with Crippen LogP contribution in [0.2, 0.25) is 0 Å². The quantitative estimate of drug-likeness (QED) is 0.804. The number of aromatic nitrogens is 2. The monoisotopic (exact) mass is 250 g/mol. The fourth-order valence-corrected chi connectivity index (χ4v) is 2.52. The topological polar surface area (TPSA) is 61.3 Å². The number of rotatable bonds is 6. The zero-order valence-corrected chi connectivity index (χ0v) is 11.0. The smallest absolute Gasteiger partial charge is 0.224 e. The molecule has 18 heavy (non-hydrogen) atoms. The van der Waals surface area contributed by atoms with E-state index in [1.807, 2.05) is 19.2 Å². The number of nitrogens with one attached hydrogen (secondary N) is 1. The van der Waals surface area contributed by atoms with Crippen molar-refractivity contribution < 1.29 is 5.11 Å². The highest BCUT2D eigenvalue weighted by Crippen LogP contribution is 2.26. The van der Waals surface area contributed by atoms with Crippen molar-refractivity contribution in [2.75, 3.05) is 29.9 Å². The molecule has 100 valence electrons. The molecule has 1 aliphatic rings. The first kappa shape index (κ1) is 13.1. The molecule has 0 aliphatic carbocycles. The van der Waals surface area contributed by atoms with Gasteiger partial charge >= 0.3 is 0 Å². The molecule has 5 heteroatoms. The molecule has 0 radical (unpaired) electrons. The van der Waals surface area contributed by atoms with Crippen LogP contribution in [0, 0.1) is 0 Å². The second-order valence-electron chi connectivity index (χ2n) is 4.62. The molecule has 1 aliphatic heterocycles. The van der Waals surface area contributed by atoms with E-state index in [-0.39, 0.29) is 6.61 Å². The normalized spacial score (nSPS) is 19.2. The lowest BCUT2D eigenvalue weighted by Gasteiger charge is -2.25. The SMILES string of the molecule is CCNc1nccc(N2CCCC2CCCO)n1. The van der Waals surface area contributed by atoms with Crippen molar-refractivity contribution in [1.29, 1.82) is 0 Å². The van der Waals surface area contributed by atoms with Crippen LogP contribution < -0.4 is 10.2 Å². The van der Waals surface area contributed by atoms with E-state index in [0.717, 1.165) is 31.7 Å². The van der Waals surface area contributed by atoms with Crippen LogP contribution in [0.1, 0.15) is 32.6 Å². The summed E-state index contributed by atoms with van der Waals surface area (Å²) in [5.41, 5.74) is 0. The molecule has 0 amide bonds. The van der Waals surface area contributed by atoms with Crippen LogP contribution in [0.15, 0.2) is 12.3 Å². The van der Waals surface area contributed by atoms with Gasteiger partial charge in [0, 0.05) is 31.9 Å². The molecule has 1 saturated heterocycles. The average molecular weight is 250 g/mol. The molecule has 0 spiro atoms. The average Bonchev–Trinajstić information content (AvgIpc) is 2.85. The number of hydrogen-bond acceptors (Lipinski definition) is 5. The summed E-state index contributed by atoms with van der Waals surface area (Å²) in [6.45, 7) is 4.20. The van der Waals surface area contributed by atoms with E-state index in [4.69, 9.17) is 5.11 Å². The summed E-state index contributed by atoms with van der Waals surface area (Å²) in [6, 6.07) is 2.49. The second kappa shape index (κ2) is 6.54. The lowest BCUT2D eigenvalue weighted by Crippen LogP contribution is -2.30. The van der Waals surface area contributed by atoms with Gasteiger partial charge in [0.05, 0.1) is 0 Å². The summed E-state index contributed by atoms with van der Waals surface area (Å²) >= 11 is 0. The summed E-state index contributed by atoms with van der Waals surface area (Å²) in [4.78, 5) is 11.1. The Kier molecular flexibility index (Phi) is 4.75. The molecule has 1 aromatic heterocycles. The van der Waals surface area contributed by atoms with E-state index in [9.17, 15) is 0 Å². The number of nitrogens with zero attached hydrogens (tertiary/aromatic N) is 3. The predicted molar refractivity (Wildman–Crippen MR) is 72.9 cm³/mol. The second-order valence-corrected chi connectivity index (χ2v) is 4.62. The molecule has 2 heterocycles. The zero-order chi connectivity index (χ0) is 12.8. The minimum Gasteiger partial charge on any atom is -0.396 e. The van der Waals surface area contributed by atoms with Gasteiger partial charge in [-0.1, -0.05) is 0 Å². The molecule has 0 aromatic carbocycles. The fourth-order valence-electron chi connectivity index (χ4n) is 2.52. The van der Waals surface area contributed by atoms with Gasteiger partial charge < -0.3 is 15.3 Å². The molecule has 2 N–H and O–H groups in total. The van der Waals surface area contributed by atoms with Crippen molar-refractivity contribution in [2.45, 2.75) is 38.6 Å².